The standard InChI is InChI=1S/C20H31NO2S/c1-16(2)8-7-11-20(18-9-5-4-6-10-18)21-24(22,23)19-14-12-17(3)13-15-19/h7-8,12-16,18,20-21H,4-6,9-11H2,1-3H3/b8-7+. The van der Waals surface area contributed by atoms with Gasteiger partial charge >= 0.3 is 0 Å². The molecule has 0 bridgehead atoms. The first-order valence-electron chi connectivity index (χ1n) is 9.14. The van der Waals surface area contributed by atoms with Crippen LogP contribution in [0, 0.1) is 18.8 Å². The van der Waals surface area contributed by atoms with E-state index in [1.54, 1.807) is 12.1 Å². The molecule has 1 unspecified atom stereocenters. The summed E-state index contributed by atoms with van der Waals surface area (Å²) >= 11 is 0. The van der Waals surface area contributed by atoms with Gasteiger partial charge in [-0.2, -0.15) is 0 Å². The zero-order chi connectivity index (χ0) is 17.6. The zero-order valence-electron chi connectivity index (χ0n) is 15.2. The Hall–Kier alpha value is -1.13. The fraction of sp³-hybridized carbons (Fsp3) is 0.600. The van der Waals surface area contributed by atoms with E-state index in [9.17, 15) is 8.42 Å². The van der Waals surface area contributed by atoms with Crippen molar-refractivity contribution in [3.63, 3.8) is 0 Å². The molecule has 0 aromatic heterocycles. The molecule has 1 N–H and O–H groups in total. The molecular weight excluding hydrogens is 318 g/mol. The molecule has 1 aliphatic rings. The molecule has 1 aliphatic carbocycles. The molecule has 2 rings (SSSR count). The van der Waals surface area contributed by atoms with Crippen LogP contribution in [0.4, 0.5) is 0 Å². The van der Waals surface area contributed by atoms with Crippen LogP contribution in [0.5, 0.6) is 0 Å². The van der Waals surface area contributed by atoms with Crippen LogP contribution in [0.3, 0.4) is 0 Å². The monoisotopic (exact) mass is 349 g/mol. The van der Waals surface area contributed by atoms with Crippen LogP contribution < -0.4 is 4.72 Å². The van der Waals surface area contributed by atoms with E-state index in [4.69, 9.17) is 0 Å². The van der Waals surface area contributed by atoms with Gasteiger partial charge in [-0.15, -0.1) is 0 Å². The van der Waals surface area contributed by atoms with Crippen LogP contribution in [-0.4, -0.2) is 14.5 Å². The van der Waals surface area contributed by atoms with Crippen molar-refractivity contribution in [2.75, 3.05) is 0 Å². The largest absolute Gasteiger partial charge is 0.240 e. The average Bonchev–Trinajstić information content (AvgIpc) is 2.55. The number of aryl methyl sites for hydroxylation is 1. The average molecular weight is 350 g/mol. The summed E-state index contributed by atoms with van der Waals surface area (Å²) in [6, 6.07) is 7.08. The molecule has 1 atom stereocenters. The van der Waals surface area contributed by atoms with Crippen molar-refractivity contribution < 1.29 is 8.42 Å². The van der Waals surface area contributed by atoms with E-state index in [1.165, 1.54) is 19.3 Å². The van der Waals surface area contributed by atoms with E-state index in [-0.39, 0.29) is 6.04 Å². The minimum Gasteiger partial charge on any atom is -0.207 e. The summed E-state index contributed by atoms with van der Waals surface area (Å²) < 4.78 is 28.5. The summed E-state index contributed by atoms with van der Waals surface area (Å²) in [5.41, 5.74) is 1.07. The first-order chi connectivity index (χ1) is 11.4. The molecule has 24 heavy (non-hydrogen) atoms. The highest BCUT2D eigenvalue weighted by Gasteiger charge is 2.27. The van der Waals surface area contributed by atoms with Crippen molar-refractivity contribution in [2.24, 2.45) is 11.8 Å². The van der Waals surface area contributed by atoms with Crippen molar-refractivity contribution >= 4 is 10.0 Å². The number of rotatable bonds is 7. The predicted molar refractivity (Wildman–Crippen MR) is 100 cm³/mol. The Morgan fingerprint density at radius 2 is 1.75 bits per heavy atom. The normalized spacial score (nSPS) is 18.3. The van der Waals surface area contributed by atoms with Gasteiger partial charge in [-0.1, -0.05) is 63.0 Å². The zero-order valence-corrected chi connectivity index (χ0v) is 16.0. The summed E-state index contributed by atoms with van der Waals surface area (Å²) in [5, 5.41) is 0. The fourth-order valence-corrected chi connectivity index (χ4v) is 4.67. The molecule has 1 fully saturated rings. The Balaban J connectivity index is 2.14. The summed E-state index contributed by atoms with van der Waals surface area (Å²) in [5.74, 6) is 0.932. The predicted octanol–water partition coefficient (Wildman–Crippen LogP) is 4.82. The summed E-state index contributed by atoms with van der Waals surface area (Å²) in [7, 11) is -3.46. The van der Waals surface area contributed by atoms with Crippen LogP contribution in [0.15, 0.2) is 41.3 Å². The Bertz CT molecular complexity index is 626. The summed E-state index contributed by atoms with van der Waals surface area (Å²) in [6.07, 6.45) is 11.0. The molecule has 0 heterocycles. The molecular formula is C20H31NO2S. The van der Waals surface area contributed by atoms with Crippen molar-refractivity contribution in [3.8, 4) is 0 Å². The van der Waals surface area contributed by atoms with Crippen LogP contribution in [-0.2, 0) is 10.0 Å². The van der Waals surface area contributed by atoms with Gasteiger partial charge in [0, 0.05) is 6.04 Å². The van der Waals surface area contributed by atoms with E-state index in [0.29, 0.717) is 16.7 Å². The van der Waals surface area contributed by atoms with Gasteiger partial charge in [0.25, 0.3) is 0 Å². The first kappa shape index (κ1) is 19.2. The van der Waals surface area contributed by atoms with Gasteiger partial charge in [-0.3, -0.25) is 0 Å². The topological polar surface area (TPSA) is 46.2 Å². The second-order valence-corrected chi connectivity index (χ2v) is 9.06. The highest BCUT2D eigenvalue weighted by Crippen LogP contribution is 2.29. The van der Waals surface area contributed by atoms with E-state index in [2.05, 4.69) is 30.7 Å². The molecule has 1 aromatic carbocycles. The minimum absolute atomic E-state index is 0.00777. The Labute approximate surface area is 147 Å². The molecule has 1 saturated carbocycles. The van der Waals surface area contributed by atoms with Gasteiger partial charge < -0.3 is 0 Å². The van der Waals surface area contributed by atoms with E-state index < -0.39 is 10.0 Å². The Kier molecular flexibility index (Phi) is 7.05. The number of sulfonamides is 1. The van der Waals surface area contributed by atoms with Crippen molar-refractivity contribution in [1.82, 2.24) is 4.72 Å². The molecule has 3 nitrogen and oxygen atoms in total. The van der Waals surface area contributed by atoms with Crippen LogP contribution in [0.25, 0.3) is 0 Å². The number of nitrogens with one attached hydrogen (secondary N) is 1. The molecule has 0 saturated heterocycles. The summed E-state index contributed by atoms with van der Waals surface area (Å²) in [4.78, 5) is 0.363. The smallest absolute Gasteiger partial charge is 0.207 e. The maximum Gasteiger partial charge on any atom is 0.240 e. The fourth-order valence-electron chi connectivity index (χ4n) is 3.36. The van der Waals surface area contributed by atoms with Crippen LogP contribution >= 0.6 is 0 Å². The van der Waals surface area contributed by atoms with Gasteiger partial charge in [0.1, 0.15) is 0 Å². The third-order valence-electron chi connectivity index (χ3n) is 4.77. The SMILES string of the molecule is Cc1ccc(S(=O)(=O)NC(C/C=C/C(C)C)C2CCCCC2)cc1. The third-order valence-corrected chi connectivity index (χ3v) is 6.27. The van der Waals surface area contributed by atoms with Gasteiger partial charge in [0.05, 0.1) is 4.90 Å². The van der Waals surface area contributed by atoms with E-state index >= 15 is 0 Å². The number of hydrogen-bond acceptors (Lipinski definition) is 2. The van der Waals surface area contributed by atoms with Crippen molar-refractivity contribution in [1.29, 1.82) is 0 Å². The van der Waals surface area contributed by atoms with Gasteiger partial charge in [-0.05, 0) is 50.2 Å². The number of hydrogen-bond donors (Lipinski definition) is 1. The number of allylic oxidation sites excluding steroid dienone is 1. The molecule has 4 heteroatoms. The Morgan fingerprint density at radius 1 is 1.12 bits per heavy atom. The molecule has 0 aliphatic heterocycles. The van der Waals surface area contributed by atoms with Crippen molar-refractivity contribution in [2.45, 2.75) is 70.2 Å². The van der Waals surface area contributed by atoms with Crippen molar-refractivity contribution in [3.05, 3.63) is 42.0 Å². The maximum atomic E-state index is 12.8. The summed E-state index contributed by atoms with van der Waals surface area (Å²) in [6.45, 7) is 6.25. The lowest BCUT2D eigenvalue weighted by molar-refractivity contribution is 0.291. The highest BCUT2D eigenvalue weighted by molar-refractivity contribution is 7.89. The van der Waals surface area contributed by atoms with E-state index in [1.807, 2.05) is 19.1 Å². The highest BCUT2D eigenvalue weighted by atomic mass is 32.2. The van der Waals surface area contributed by atoms with Crippen LogP contribution in [0.1, 0.15) is 57.9 Å². The second kappa shape index (κ2) is 8.82. The molecule has 0 radical (unpaired) electrons. The second-order valence-electron chi connectivity index (χ2n) is 7.35. The Morgan fingerprint density at radius 3 is 2.33 bits per heavy atom. The lowest BCUT2D eigenvalue weighted by Crippen LogP contribution is -2.40. The van der Waals surface area contributed by atoms with Gasteiger partial charge in [0.2, 0.25) is 10.0 Å². The van der Waals surface area contributed by atoms with E-state index in [0.717, 1.165) is 24.8 Å². The molecule has 1 aromatic rings. The quantitative estimate of drug-likeness (QED) is 0.717. The molecule has 0 spiro atoms. The van der Waals surface area contributed by atoms with Crippen LogP contribution in [0.2, 0.25) is 0 Å². The molecule has 0 amide bonds. The maximum absolute atomic E-state index is 12.8. The van der Waals surface area contributed by atoms with Gasteiger partial charge in [0.15, 0.2) is 0 Å². The molecule has 134 valence electrons. The lowest BCUT2D eigenvalue weighted by Gasteiger charge is -2.30. The third kappa shape index (κ3) is 5.75. The van der Waals surface area contributed by atoms with Gasteiger partial charge in [-0.25, -0.2) is 13.1 Å². The minimum atomic E-state index is -3.46. The number of benzene rings is 1. The lowest BCUT2D eigenvalue weighted by atomic mass is 9.83. The first-order valence-corrected chi connectivity index (χ1v) is 10.6.